The highest BCUT2D eigenvalue weighted by atomic mass is 16.4. The van der Waals surface area contributed by atoms with Gasteiger partial charge >= 0.3 is 5.97 Å². The number of aliphatic hydroxyl groups is 2. The van der Waals surface area contributed by atoms with E-state index in [2.05, 4.69) is 13.0 Å². The summed E-state index contributed by atoms with van der Waals surface area (Å²) < 4.78 is 0. The predicted octanol–water partition coefficient (Wildman–Crippen LogP) is 3.13. The second-order valence-electron chi connectivity index (χ2n) is 9.56. The van der Waals surface area contributed by atoms with E-state index in [4.69, 9.17) is 0 Å². The van der Waals surface area contributed by atoms with Crippen molar-refractivity contribution in [3.63, 3.8) is 0 Å². The molecule has 3 saturated carbocycles. The van der Waals surface area contributed by atoms with Crippen LogP contribution in [0.1, 0.15) is 65.2 Å². The van der Waals surface area contributed by atoms with Gasteiger partial charge in [0.1, 0.15) is 0 Å². The van der Waals surface area contributed by atoms with Crippen LogP contribution in [0.5, 0.6) is 0 Å². The number of carbonyl (C=O) groups is 1. The summed E-state index contributed by atoms with van der Waals surface area (Å²) in [6.07, 6.45) is 9.41. The molecule has 0 aromatic heterocycles. The van der Waals surface area contributed by atoms with Crippen LogP contribution in [-0.2, 0) is 4.79 Å². The molecule has 6 atom stereocenters. The van der Waals surface area contributed by atoms with Gasteiger partial charge in [0.2, 0.25) is 0 Å². The molecule has 134 valence electrons. The van der Waals surface area contributed by atoms with Gasteiger partial charge in [0.05, 0.1) is 17.6 Å². The molecule has 0 amide bonds. The third-order valence-corrected chi connectivity index (χ3v) is 8.44. The SMILES string of the molecule is C[C@@]1(C(=O)O)CCC[C@@]2(C)C3=CC[C@@H]4C[C@@]3(CC[C@H]12)C[C@@]4(O)CO. The van der Waals surface area contributed by atoms with E-state index in [1.807, 2.05) is 6.92 Å². The Morgan fingerprint density at radius 3 is 2.71 bits per heavy atom. The van der Waals surface area contributed by atoms with Crippen LogP contribution in [-0.4, -0.2) is 33.5 Å². The molecule has 3 N–H and O–H groups in total. The number of carboxylic acid groups (broad SMARTS) is 1. The lowest BCUT2D eigenvalue weighted by Gasteiger charge is -2.60. The quantitative estimate of drug-likeness (QED) is 0.678. The monoisotopic (exact) mass is 334 g/mol. The second kappa shape index (κ2) is 4.85. The van der Waals surface area contributed by atoms with Crippen molar-refractivity contribution in [3.8, 4) is 0 Å². The highest BCUT2D eigenvalue weighted by Gasteiger charge is 2.65. The molecule has 4 nitrogen and oxygen atoms in total. The molecule has 3 fully saturated rings. The molecule has 0 unspecified atom stereocenters. The summed E-state index contributed by atoms with van der Waals surface area (Å²) in [7, 11) is 0. The van der Waals surface area contributed by atoms with E-state index < -0.39 is 17.0 Å². The number of allylic oxidation sites excluding steroid dienone is 2. The van der Waals surface area contributed by atoms with Crippen molar-refractivity contribution in [2.45, 2.75) is 70.8 Å². The molecule has 4 aliphatic carbocycles. The van der Waals surface area contributed by atoms with Crippen LogP contribution in [0.15, 0.2) is 11.6 Å². The van der Waals surface area contributed by atoms with Gasteiger partial charge in [-0.1, -0.05) is 25.0 Å². The number of fused-ring (bicyclic) bond motifs is 3. The molecule has 4 rings (SSSR count). The zero-order valence-electron chi connectivity index (χ0n) is 14.8. The van der Waals surface area contributed by atoms with Gasteiger partial charge in [0.25, 0.3) is 0 Å². The third kappa shape index (κ3) is 1.84. The van der Waals surface area contributed by atoms with Gasteiger partial charge in [-0.25, -0.2) is 0 Å². The maximum Gasteiger partial charge on any atom is 0.309 e. The van der Waals surface area contributed by atoms with E-state index in [0.717, 1.165) is 44.9 Å². The molecule has 0 saturated heterocycles. The first-order chi connectivity index (χ1) is 11.2. The summed E-state index contributed by atoms with van der Waals surface area (Å²) in [4.78, 5) is 12.0. The summed E-state index contributed by atoms with van der Waals surface area (Å²) in [5, 5.41) is 30.6. The molecule has 4 heteroatoms. The molecule has 0 radical (unpaired) electrons. The van der Waals surface area contributed by atoms with Crippen molar-refractivity contribution in [2.24, 2.45) is 28.1 Å². The van der Waals surface area contributed by atoms with Crippen LogP contribution in [0.25, 0.3) is 0 Å². The zero-order chi connectivity index (χ0) is 17.4. The normalized spacial score (nSPS) is 53.1. The standard InChI is InChI=1S/C20H30O4/c1-17-7-3-8-18(2,16(22)23)14(17)6-9-19-10-13(4-5-15(17)19)20(24,11-19)12-21/h5,13-14,21,24H,3-4,6-12H2,1-2H3,(H,22,23)/t13-,14+,17-,18-,19+,20-/m1/s1. The Bertz CT molecular complexity index is 613. The van der Waals surface area contributed by atoms with E-state index in [1.165, 1.54) is 5.57 Å². The van der Waals surface area contributed by atoms with Gasteiger partial charge in [0.15, 0.2) is 0 Å². The largest absolute Gasteiger partial charge is 0.481 e. The minimum absolute atomic E-state index is 0.0115. The summed E-state index contributed by atoms with van der Waals surface area (Å²) >= 11 is 0. The highest BCUT2D eigenvalue weighted by Crippen LogP contribution is 2.71. The summed E-state index contributed by atoms with van der Waals surface area (Å²) in [5.74, 6) is -0.324. The summed E-state index contributed by atoms with van der Waals surface area (Å²) in [5.41, 5.74) is -0.263. The van der Waals surface area contributed by atoms with Crippen LogP contribution in [0.3, 0.4) is 0 Å². The minimum atomic E-state index is -0.952. The smallest absolute Gasteiger partial charge is 0.309 e. The van der Waals surface area contributed by atoms with Gasteiger partial charge in [-0.2, -0.15) is 0 Å². The molecule has 0 aromatic rings. The maximum atomic E-state index is 12.0. The lowest BCUT2D eigenvalue weighted by Crippen LogP contribution is -2.54. The number of aliphatic hydroxyl groups excluding tert-OH is 1. The van der Waals surface area contributed by atoms with Crippen molar-refractivity contribution in [1.29, 1.82) is 0 Å². The Morgan fingerprint density at radius 2 is 2.04 bits per heavy atom. The molecule has 0 aromatic carbocycles. The Labute approximate surface area is 144 Å². The molecule has 0 aliphatic heterocycles. The number of aliphatic carboxylic acids is 1. The van der Waals surface area contributed by atoms with Crippen molar-refractivity contribution >= 4 is 5.97 Å². The lowest BCUT2D eigenvalue weighted by atomic mass is 9.44. The van der Waals surface area contributed by atoms with Gasteiger partial charge < -0.3 is 15.3 Å². The van der Waals surface area contributed by atoms with Crippen molar-refractivity contribution in [1.82, 2.24) is 0 Å². The van der Waals surface area contributed by atoms with Crippen molar-refractivity contribution in [3.05, 3.63) is 11.6 Å². The fourth-order valence-corrected chi connectivity index (χ4v) is 7.31. The number of carboxylic acids is 1. The average Bonchev–Trinajstić information content (AvgIpc) is 2.73. The molecular formula is C20H30O4. The van der Waals surface area contributed by atoms with E-state index in [0.29, 0.717) is 6.42 Å². The van der Waals surface area contributed by atoms with E-state index in [1.54, 1.807) is 0 Å². The van der Waals surface area contributed by atoms with Crippen LogP contribution in [0.2, 0.25) is 0 Å². The first kappa shape index (κ1) is 16.6. The minimum Gasteiger partial charge on any atom is -0.481 e. The zero-order valence-corrected chi connectivity index (χ0v) is 14.8. The van der Waals surface area contributed by atoms with Gasteiger partial charge in [-0.05, 0) is 74.5 Å². The van der Waals surface area contributed by atoms with Gasteiger partial charge in [-0.3, -0.25) is 4.79 Å². The summed E-state index contributed by atoms with van der Waals surface area (Å²) in [6, 6.07) is 0. The topological polar surface area (TPSA) is 77.8 Å². The number of rotatable bonds is 2. The lowest BCUT2D eigenvalue weighted by molar-refractivity contribution is -0.161. The van der Waals surface area contributed by atoms with Crippen molar-refractivity contribution < 1.29 is 20.1 Å². The average molecular weight is 334 g/mol. The Morgan fingerprint density at radius 1 is 1.29 bits per heavy atom. The molecule has 1 spiro atoms. The first-order valence-corrected chi connectivity index (χ1v) is 9.48. The number of hydrogen-bond donors (Lipinski definition) is 3. The fourth-order valence-electron chi connectivity index (χ4n) is 7.31. The van der Waals surface area contributed by atoms with Crippen LogP contribution in [0.4, 0.5) is 0 Å². The number of hydrogen-bond acceptors (Lipinski definition) is 3. The molecule has 4 aliphatic rings. The van der Waals surface area contributed by atoms with Gasteiger partial charge in [-0.15, -0.1) is 0 Å². The van der Waals surface area contributed by atoms with E-state index >= 15 is 0 Å². The highest BCUT2D eigenvalue weighted by molar-refractivity contribution is 5.75. The van der Waals surface area contributed by atoms with Gasteiger partial charge in [0, 0.05) is 0 Å². The first-order valence-electron chi connectivity index (χ1n) is 9.48. The Kier molecular flexibility index (Phi) is 3.35. The molecule has 2 bridgehead atoms. The van der Waals surface area contributed by atoms with Crippen LogP contribution >= 0.6 is 0 Å². The molecule has 0 heterocycles. The maximum absolute atomic E-state index is 12.0. The predicted molar refractivity (Wildman–Crippen MR) is 90.3 cm³/mol. The molecule has 24 heavy (non-hydrogen) atoms. The van der Waals surface area contributed by atoms with Crippen LogP contribution in [0, 0.1) is 28.1 Å². The van der Waals surface area contributed by atoms with Crippen LogP contribution < -0.4 is 0 Å². The Balaban J connectivity index is 1.77. The van der Waals surface area contributed by atoms with Crippen molar-refractivity contribution in [2.75, 3.05) is 6.61 Å². The fraction of sp³-hybridized carbons (Fsp3) is 0.850. The summed E-state index contributed by atoms with van der Waals surface area (Å²) in [6.45, 7) is 4.06. The Hall–Kier alpha value is -0.870. The van der Waals surface area contributed by atoms with E-state index in [9.17, 15) is 20.1 Å². The third-order valence-electron chi connectivity index (χ3n) is 8.44. The molecular weight excluding hydrogens is 304 g/mol. The second-order valence-corrected chi connectivity index (χ2v) is 9.56. The van der Waals surface area contributed by atoms with E-state index in [-0.39, 0.29) is 29.3 Å².